The first-order valence-electron chi connectivity index (χ1n) is 5.73. The van der Waals surface area contributed by atoms with Crippen molar-refractivity contribution in [2.45, 2.75) is 6.10 Å². The molecule has 96 valence electrons. The molecule has 0 saturated heterocycles. The predicted octanol–water partition coefficient (Wildman–Crippen LogP) is 2.75. The molecule has 0 aliphatic carbocycles. The SMILES string of the molecule is N#Cc1cnc(NCC(O)c2ccccc2)c(Cl)c1. The lowest BCUT2D eigenvalue weighted by atomic mass is 10.1. The Morgan fingerprint density at radius 1 is 1.37 bits per heavy atom. The molecule has 19 heavy (non-hydrogen) atoms. The van der Waals surface area contributed by atoms with Crippen LogP contribution < -0.4 is 5.32 Å². The molecule has 0 fully saturated rings. The van der Waals surface area contributed by atoms with Crippen molar-refractivity contribution < 1.29 is 5.11 Å². The van der Waals surface area contributed by atoms with E-state index in [4.69, 9.17) is 16.9 Å². The summed E-state index contributed by atoms with van der Waals surface area (Å²) in [5, 5.41) is 22.0. The number of benzene rings is 1. The summed E-state index contributed by atoms with van der Waals surface area (Å²) in [4.78, 5) is 4.04. The molecule has 0 spiro atoms. The van der Waals surface area contributed by atoms with Gasteiger partial charge >= 0.3 is 0 Å². The Balaban J connectivity index is 2.01. The Morgan fingerprint density at radius 2 is 2.11 bits per heavy atom. The van der Waals surface area contributed by atoms with Crippen molar-refractivity contribution in [1.29, 1.82) is 5.26 Å². The maximum absolute atomic E-state index is 9.99. The summed E-state index contributed by atoms with van der Waals surface area (Å²) >= 11 is 5.98. The molecule has 2 N–H and O–H groups in total. The van der Waals surface area contributed by atoms with Gasteiger partial charge in [0.2, 0.25) is 0 Å². The van der Waals surface area contributed by atoms with Gasteiger partial charge in [-0.1, -0.05) is 41.9 Å². The number of nitriles is 1. The molecule has 1 aromatic carbocycles. The van der Waals surface area contributed by atoms with Crippen LogP contribution >= 0.6 is 11.6 Å². The van der Waals surface area contributed by atoms with Gasteiger partial charge in [-0.2, -0.15) is 5.26 Å². The van der Waals surface area contributed by atoms with Crippen LogP contribution in [-0.4, -0.2) is 16.6 Å². The number of aliphatic hydroxyl groups is 1. The number of aliphatic hydroxyl groups excluding tert-OH is 1. The van der Waals surface area contributed by atoms with E-state index < -0.39 is 6.10 Å². The van der Waals surface area contributed by atoms with Gasteiger partial charge in [-0.25, -0.2) is 4.98 Å². The number of hydrogen-bond acceptors (Lipinski definition) is 4. The van der Waals surface area contributed by atoms with Gasteiger partial charge in [-0.05, 0) is 11.6 Å². The van der Waals surface area contributed by atoms with E-state index in [-0.39, 0.29) is 0 Å². The van der Waals surface area contributed by atoms with Crippen molar-refractivity contribution in [3.63, 3.8) is 0 Å². The minimum absolute atomic E-state index is 0.294. The third kappa shape index (κ3) is 3.44. The summed E-state index contributed by atoms with van der Waals surface area (Å²) in [5.41, 5.74) is 1.22. The summed E-state index contributed by atoms with van der Waals surface area (Å²) < 4.78 is 0. The standard InChI is InChI=1S/C14H12ClN3O/c15-12-6-10(7-16)8-17-14(12)18-9-13(19)11-4-2-1-3-5-11/h1-6,8,13,19H,9H2,(H,17,18). The van der Waals surface area contributed by atoms with Gasteiger partial charge in [0.25, 0.3) is 0 Å². The van der Waals surface area contributed by atoms with E-state index in [9.17, 15) is 5.11 Å². The first kappa shape index (κ1) is 13.3. The summed E-state index contributed by atoms with van der Waals surface area (Å²) in [6.07, 6.45) is 0.790. The summed E-state index contributed by atoms with van der Waals surface area (Å²) in [6.45, 7) is 0.294. The lowest BCUT2D eigenvalue weighted by Gasteiger charge is -2.13. The Kier molecular flexibility index (Phi) is 4.35. The molecule has 2 aromatic rings. The molecule has 0 bridgehead atoms. The van der Waals surface area contributed by atoms with Crippen LogP contribution in [0.5, 0.6) is 0 Å². The molecule has 1 unspecified atom stereocenters. The number of pyridine rings is 1. The van der Waals surface area contributed by atoms with Crippen LogP contribution in [0.3, 0.4) is 0 Å². The van der Waals surface area contributed by atoms with E-state index in [2.05, 4.69) is 10.3 Å². The monoisotopic (exact) mass is 273 g/mol. The Bertz CT molecular complexity index is 595. The highest BCUT2D eigenvalue weighted by Crippen LogP contribution is 2.21. The first-order valence-corrected chi connectivity index (χ1v) is 6.11. The van der Waals surface area contributed by atoms with Gasteiger partial charge in [0.1, 0.15) is 11.9 Å². The molecule has 0 amide bonds. The maximum Gasteiger partial charge on any atom is 0.144 e. The number of nitrogens with one attached hydrogen (secondary N) is 1. The first-order chi connectivity index (χ1) is 9.20. The van der Waals surface area contributed by atoms with Crippen LogP contribution in [-0.2, 0) is 0 Å². The summed E-state index contributed by atoms with van der Waals surface area (Å²) in [7, 11) is 0. The third-order valence-electron chi connectivity index (χ3n) is 2.62. The molecule has 1 aromatic heterocycles. The van der Waals surface area contributed by atoms with Crippen molar-refractivity contribution in [2.75, 3.05) is 11.9 Å². The van der Waals surface area contributed by atoms with Crippen LogP contribution in [0.15, 0.2) is 42.6 Å². The van der Waals surface area contributed by atoms with Crippen molar-refractivity contribution in [3.8, 4) is 6.07 Å². The fraction of sp³-hybridized carbons (Fsp3) is 0.143. The number of hydrogen-bond donors (Lipinski definition) is 2. The lowest BCUT2D eigenvalue weighted by Crippen LogP contribution is -2.13. The number of anilines is 1. The van der Waals surface area contributed by atoms with E-state index in [1.165, 1.54) is 12.3 Å². The minimum Gasteiger partial charge on any atom is -0.387 e. The van der Waals surface area contributed by atoms with Crippen LogP contribution in [0, 0.1) is 11.3 Å². The average Bonchev–Trinajstić information content (AvgIpc) is 2.46. The zero-order valence-corrected chi connectivity index (χ0v) is 10.8. The molecular formula is C14H12ClN3O. The van der Waals surface area contributed by atoms with Crippen LogP contribution in [0.2, 0.25) is 5.02 Å². The highest BCUT2D eigenvalue weighted by molar-refractivity contribution is 6.33. The van der Waals surface area contributed by atoms with E-state index >= 15 is 0 Å². The molecule has 1 atom stereocenters. The quantitative estimate of drug-likeness (QED) is 0.899. The Morgan fingerprint density at radius 3 is 2.74 bits per heavy atom. The van der Waals surface area contributed by atoms with Gasteiger partial charge < -0.3 is 10.4 Å². The van der Waals surface area contributed by atoms with Gasteiger partial charge in [0, 0.05) is 12.7 Å². The highest BCUT2D eigenvalue weighted by atomic mass is 35.5. The van der Waals surface area contributed by atoms with Crippen molar-refractivity contribution in [3.05, 3.63) is 58.7 Å². The largest absolute Gasteiger partial charge is 0.387 e. The molecule has 1 heterocycles. The minimum atomic E-state index is -0.644. The third-order valence-corrected chi connectivity index (χ3v) is 2.91. The van der Waals surface area contributed by atoms with E-state index in [0.29, 0.717) is 22.9 Å². The van der Waals surface area contributed by atoms with Crippen LogP contribution in [0.1, 0.15) is 17.2 Å². The zero-order valence-electron chi connectivity index (χ0n) is 10.0. The smallest absolute Gasteiger partial charge is 0.144 e. The topological polar surface area (TPSA) is 68.9 Å². The summed E-state index contributed by atoms with van der Waals surface area (Å²) in [5.74, 6) is 0.454. The second-order valence-corrected chi connectivity index (χ2v) is 4.38. The number of halogens is 1. The van der Waals surface area contributed by atoms with Crippen molar-refractivity contribution >= 4 is 17.4 Å². The van der Waals surface area contributed by atoms with E-state index in [1.54, 1.807) is 0 Å². The number of rotatable bonds is 4. The van der Waals surface area contributed by atoms with Crippen molar-refractivity contribution in [1.82, 2.24) is 4.98 Å². The highest BCUT2D eigenvalue weighted by Gasteiger charge is 2.09. The van der Waals surface area contributed by atoms with Gasteiger partial charge in [0.05, 0.1) is 16.7 Å². The molecule has 4 nitrogen and oxygen atoms in total. The van der Waals surface area contributed by atoms with Gasteiger partial charge in [-0.3, -0.25) is 0 Å². The molecular weight excluding hydrogens is 262 g/mol. The van der Waals surface area contributed by atoms with E-state index in [0.717, 1.165) is 5.56 Å². The average molecular weight is 274 g/mol. The zero-order chi connectivity index (χ0) is 13.7. The lowest BCUT2D eigenvalue weighted by molar-refractivity contribution is 0.191. The Labute approximate surface area is 116 Å². The molecule has 2 rings (SSSR count). The molecule has 0 saturated carbocycles. The molecule has 0 radical (unpaired) electrons. The fourth-order valence-corrected chi connectivity index (χ4v) is 1.85. The number of nitrogens with zero attached hydrogens (tertiary/aromatic N) is 2. The van der Waals surface area contributed by atoms with Crippen LogP contribution in [0.4, 0.5) is 5.82 Å². The van der Waals surface area contributed by atoms with Gasteiger partial charge in [-0.15, -0.1) is 0 Å². The predicted molar refractivity (Wildman–Crippen MR) is 73.9 cm³/mol. The van der Waals surface area contributed by atoms with Gasteiger partial charge in [0.15, 0.2) is 0 Å². The molecule has 0 aliphatic heterocycles. The maximum atomic E-state index is 9.99. The van der Waals surface area contributed by atoms with Crippen LogP contribution in [0.25, 0.3) is 0 Å². The summed E-state index contributed by atoms with van der Waals surface area (Å²) in [6, 6.07) is 12.8. The molecule has 0 aliphatic rings. The number of aromatic nitrogens is 1. The van der Waals surface area contributed by atoms with Crippen molar-refractivity contribution in [2.24, 2.45) is 0 Å². The normalized spacial score (nSPS) is 11.6. The second-order valence-electron chi connectivity index (χ2n) is 3.97. The fourth-order valence-electron chi connectivity index (χ4n) is 1.62. The van der Waals surface area contributed by atoms with E-state index in [1.807, 2.05) is 36.4 Å². The Hall–Kier alpha value is -2.09. The molecule has 5 heteroatoms. The second kappa shape index (κ2) is 6.19.